The van der Waals surface area contributed by atoms with Crippen LogP contribution >= 0.6 is 23.2 Å². The molecule has 1 N–H and O–H groups in total. The molecule has 1 saturated heterocycles. The Morgan fingerprint density at radius 2 is 2.04 bits per heavy atom. The number of carboxylic acids is 1. The van der Waals surface area contributed by atoms with E-state index in [0.717, 1.165) is 24.9 Å². The minimum absolute atomic E-state index is 0.147. The summed E-state index contributed by atoms with van der Waals surface area (Å²) in [6, 6.07) is 11.2. The normalized spacial score (nSPS) is 21.6. The van der Waals surface area contributed by atoms with Gasteiger partial charge in [0, 0.05) is 19.6 Å². The minimum atomic E-state index is -0.771. The molecule has 2 aromatic carbocycles. The van der Waals surface area contributed by atoms with Gasteiger partial charge in [0.05, 0.1) is 23.1 Å². The lowest BCUT2D eigenvalue weighted by atomic mass is 9.93. The van der Waals surface area contributed by atoms with Crippen molar-refractivity contribution in [2.75, 3.05) is 26.2 Å². The number of carboxylic acid groups (broad SMARTS) is 1. The summed E-state index contributed by atoms with van der Waals surface area (Å²) < 4.78 is 12.2. The Hall–Kier alpha value is -1.79. The number of fused-ring (bicyclic) bond motifs is 2. The number of hydrogen-bond donors (Lipinski definition) is 1. The smallest absolute Gasteiger partial charge is 0.304 e. The minimum Gasteiger partial charge on any atom is -0.481 e. The molecule has 1 aliphatic carbocycles. The molecular weight excluding hydrogens is 401 g/mol. The highest BCUT2D eigenvalue weighted by atomic mass is 35.5. The van der Waals surface area contributed by atoms with Gasteiger partial charge < -0.3 is 14.6 Å². The van der Waals surface area contributed by atoms with Crippen molar-refractivity contribution in [2.24, 2.45) is 0 Å². The van der Waals surface area contributed by atoms with Gasteiger partial charge in [-0.3, -0.25) is 9.69 Å². The van der Waals surface area contributed by atoms with Gasteiger partial charge in [-0.15, -0.1) is 0 Å². The zero-order valence-corrected chi connectivity index (χ0v) is 16.8. The van der Waals surface area contributed by atoms with E-state index >= 15 is 0 Å². The van der Waals surface area contributed by atoms with Gasteiger partial charge in [0.1, 0.15) is 11.4 Å². The van der Waals surface area contributed by atoms with Gasteiger partial charge in [-0.05, 0) is 48.2 Å². The molecule has 0 amide bonds. The molecule has 0 saturated carbocycles. The topological polar surface area (TPSA) is 59.0 Å². The summed E-state index contributed by atoms with van der Waals surface area (Å²) in [5.74, 6) is 0.365. The van der Waals surface area contributed by atoms with Crippen LogP contribution in [-0.4, -0.2) is 42.2 Å². The summed E-state index contributed by atoms with van der Waals surface area (Å²) in [6.07, 6.45) is 1.91. The number of hydrogen-bond acceptors (Lipinski definition) is 4. The van der Waals surface area contributed by atoms with Gasteiger partial charge in [-0.1, -0.05) is 35.3 Å². The van der Waals surface area contributed by atoms with Crippen LogP contribution in [0, 0.1) is 0 Å². The van der Waals surface area contributed by atoms with Crippen LogP contribution in [0.15, 0.2) is 36.4 Å². The fraction of sp³-hybridized carbons (Fsp3) is 0.381. The van der Waals surface area contributed by atoms with Crippen molar-refractivity contribution in [1.82, 2.24) is 4.90 Å². The molecule has 2 aromatic rings. The fourth-order valence-corrected chi connectivity index (χ4v) is 4.54. The van der Waals surface area contributed by atoms with Gasteiger partial charge in [0.25, 0.3) is 0 Å². The maximum Gasteiger partial charge on any atom is 0.304 e. The van der Waals surface area contributed by atoms with Crippen molar-refractivity contribution in [2.45, 2.75) is 24.9 Å². The zero-order valence-electron chi connectivity index (χ0n) is 15.3. The number of para-hydroxylation sites is 1. The summed E-state index contributed by atoms with van der Waals surface area (Å²) in [6.45, 7) is 2.62. The Bertz CT molecular complexity index is 884. The Labute approximate surface area is 173 Å². The first-order chi connectivity index (χ1) is 13.5. The highest BCUT2D eigenvalue weighted by Gasteiger charge is 2.43. The molecular formula is C21H21Cl2NO4. The molecule has 1 fully saturated rings. The molecule has 1 atom stereocenters. The Kier molecular flexibility index (Phi) is 5.52. The molecule has 5 nitrogen and oxygen atoms in total. The second-order valence-electron chi connectivity index (χ2n) is 7.23. The van der Waals surface area contributed by atoms with E-state index in [-0.39, 0.29) is 12.0 Å². The van der Waals surface area contributed by atoms with Crippen LogP contribution in [0.4, 0.5) is 0 Å². The molecule has 0 radical (unpaired) electrons. The van der Waals surface area contributed by atoms with Crippen molar-refractivity contribution in [3.05, 3.63) is 57.6 Å². The van der Waals surface area contributed by atoms with Crippen LogP contribution in [0.25, 0.3) is 0 Å². The molecule has 0 aromatic heterocycles. The number of aryl methyl sites for hydroxylation is 1. The first-order valence-electron chi connectivity index (χ1n) is 9.30. The number of morpholine rings is 1. The average molecular weight is 422 g/mol. The lowest BCUT2D eigenvalue weighted by Crippen LogP contribution is -2.49. The molecule has 4 rings (SSSR count). The number of nitrogens with zero attached hydrogens (tertiary/aromatic N) is 1. The van der Waals surface area contributed by atoms with Crippen molar-refractivity contribution < 1.29 is 19.4 Å². The molecule has 1 spiro atoms. The molecule has 7 heteroatoms. The molecule has 1 heterocycles. The standard InChI is InChI=1S/C21H21Cl2NO4/c22-17-2-1-3-18(23)20(17)28-15-4-5-16-14(12-15)6-8-21(16)13-24(10-11-27-21)9-7-19(25)26/h1-5,12H,6-11,13H2,(H,25,26). The van der Waals surface area contributed by atoms with Crippen LogP contribution in [0.1, 0.15) is 24.0 Å². The third-order valence-electron chi connectivity index (χ3n) is 5.41. The van der Waals surface area contributed by atoms with E-state index < -0.39 is 5.97 Å². The Morgan fingerprint density at radius 3 is 2.79 bits per heavy atom. The second kappa shape index (κ2) is 7.91. The number of aliphatic carboxylic acids is 1. The summed E-state index contributed by atoms with van der Waals surface area (Å²) in [4.78, 5) is 13.1. The van der Waals surface area contributed by atoms with Crippen molar-refractivity contribution in [3.8, 4) is 11.5 Å². The van der Waals surface area contributed by atoms with E-state index in [4.69, 9.17) is 37.8 Å². The maximum absolute atomic E-state index is 10.9. The highest BCUT2D eigenvalue weighted by molar-refractivity contribution is 6.37. The van der Waals surface area contributed by atoms with Gasteiger partial charge in [0.2, 0.25) is 0 Å². The van der Waals surface area contributed by atoms with E-state index in [1.165, 1.54) is 5.56 Å². The van der Waals surface area contributed by atoms with E-state index in [2.05, 4.69) is 4.90 Å². The summed E-state index contributed by atoms with van der Waals surface area (Å²) in [5, 5.41) is 9.89. The van der Waals surface area contributed by atoms with Gasteiger partial charge in [0.15, 0.2) is 5.75 Å². The number of carbonyl (C=O) groups is 1. The molecule has 0 bridgehead atoms. The lowest BCUT2D eigenvalue weighted by Gasteiger charge is -2.41. The van der Waals surface area contributed by atoms with E-state index in [1.807, 2.05) is 18.2 Å². The predicted octanol–water partition coefficient (Wildman–Crippen LogP) is 4.73. The third kappa shape index (κ3) is 3.85. The van der Waals surface area contributed by atoms with Crippen molar-refractivity contribution >= 4 is 29.2 Å². The van der Waals surface area contributed by atoms with E-state index in [1.54, 1.807) is 18.2 Å². The van der Waals surface area contributed by atoms with Crippen LogP contribution in [0.3, 0.4) is 0 Å². The lowest BCUT2D eigenvalue weighted by molar-refractivity contribution is -0.140. The SMILES string of the molecule is O=C(O)CCN1CCOC2(CCc3cc(Oc4c(Cl)cccc4Cl)ccc32)C1. The predicted molar refractivity (Wildman–Crippen MR) is 108 cm³/mol. The second-order valence-corrected chi connectivity index (χ2v) is 8.05. The number of halogens is 2. The van der Waals surface area contributed by atoms with Gasteiger partial charge in [-0.2, -0.15) is 0 Å². The Balaban J connectivity index is 1.54. The monoisotopic (exact) mass is 421 g/mol. The number of ether oxygens (including phenoxy) is 2. The quantitative estimate of drug-likeness (QED) is 0.755. The Morgan fingerprint density at radius 1 is 1.25 bits per heavy atom. The van der Waals surface area contributed by atoms with E-state index in [0.29, 0.717) is 41.2 Å². The summed E-state index contributed by atoms with van der Waals surface area (Å²) >= 11 is 12.4. The molecule has 1 aliphatic heterocycles. The highest BCUT2D eigenvalue weighted by Crippen LogP contribution is 2.44. The zero-order chi connectivity index (χ0) is 19.7. The van der Waals surface area contributed by atoms with Crippen LogP contribution in [0.5, 0.6) is 11.5 Å². The molecule has 28 heavy (non-hydrogen) atoms. The first-order valence-corrected chi connectivity index (χ1v) is 10.1. The summed E-state index contributed by atoms with van der Waals surface area (Å²) in [7, 11) is 0. The van der Waals surface area contributed by atoms with Crippen molar-refractivity contribution in [1.29, 1.82) is 0 Å². The van der Waals surface area contributed by atoms with Crippen LogP contribution < -0.4 is 4.74 Å². The largest absolute Gasteiger partial charge is 0.481 e. The van der Waals surface area contributed by atoms with Gasteiger partial charge in [-0.25, -0.2) is 0 Å². The number of rotatable bonds is 5. The average Bonchev–Trinajstić information content (AvgIpc) is 3.00. The molecule has 2 aliphatic rings. The fourth-order valence-electron chi connectivity index (χ4n) is 4.07. The van der Waals surface area contributed by atoms with Crippen LogP contribution in [0.2, 0.25) is 10.0 Å². The van der Waals surface area contributed by atoms with Crippen molar-refractivity contribution in [3.63, 3.8) is 0 Å². The molecule has 1 unspecified atom stereocenters. The maximum atomic E-state index is 10.9. The number of benzene rings is 2. The van der Waals surface area contributed by atoms with Gasteiger partial charge >= 0.3 is 5.97 Å². The van der Waals surface area contributed by atoms with E-state index in [9.17, 15) is 4.79 Å². The third-order valence-corrected chi connectivity index (χ3v) is 6.01. The molecule has 148 valence electrons. The van der Waals surface area contributed by atoms with Crippen LogP contribution in [-0.2, 0) is 21.6 Å². The summed E-state index contributed by atoms with van der Waals surface area (Å²) in [5.41, 5.74) is 1.97. The first kappa shape index (κ1) is 19.5.